The molecule has 0 radical (unpaired) electrons. The van der Waals surface area contributed by atoms with Gasteiger partial charge in [0.25, 0.3) is 0 Å². The zero-order chi connectivity index (χ0) is 9.12. The number of hydrogen-bond donors (Lipinski definition) is 0. The van der Waals surface area contributed by atoms with Gasteiger partial charge in [0.15, 0.2) is 0 Å². The van der Waals surface area contributed by atoms with Crippen molar-refractivity contribution in [3.05, 3.63) is 0 Å². The lowest BCUT2D eigenvalue weighted by molar-refractivity contribution is 1.05. The summed E-state index contributed by atoms with van der Waals surface area (Å²) in [6, 6.07) is -0.980. The van der Waals surface area contributed by atoms with E-state index in [1.165, 1.54) is 0 Å². The predicted molar refractivity (Wildman–Crippen MR) is 60.9 cm³/mol. The Balaban J connectivity index is 3.44. The summed E-state index contributed by atoms with van der Waals surface area (Å²) in [7, 11) is 0. The fourth-order valence-electron chi connectivity index (χ4n) is 0.599. The molecule has 0 aliphatic heterocycles. The summed E-state index contributed by atoms with van der Waals surface area (Å²) in [4.78, 5) is 0. The Kier molecular flexibility index (Phi) is 5.78. The van der Waals surface area contributed by atoms with Crippen LogP contribution in [0.25, 0.3) is 0 Å². The Labute approximate surface area is 92.6 Å². The quantitative estimate of drug-likeness (QED) is 0.525. The highest BCUT2D eigenvalue weighted by molar-refractivity contribution is 7.64. The summed E-state index contributed by atoms with van der Waals surface area (Å²) < 4.78 is 0. The van der Waals surface area contributed by atoms with E-state index in [0.717, 1.165) is 12.5 Å². The summed E-state index contributed by atoms with van der Waals surface area (Å²) in [5, 5.41) is 0. The SMILES string of the molecule is C[Si](Cl)(Cl)CCC[Si](Cl)(Cl)Cl. The minimum Gasteiger partial charge on any atom is -0.146 e. The Bertz CT molecular complexity index is 101. The largest absolute Gasteiger partial charge is 0.341 e. The Morgan fingerprint density at radius 2 is 1.36 bits per heavy atom. The molecule has 0 aromatic rings. The lowest BCUT2D eigenvalue weighted by atomic mass is 10.6. The van der Waals surface area contributed by atoms with Gasteiger partial charge in [-0.15, -0.1) is 55.4 Å². The van der Waals surface area contributed by atoms with E-state index in [-0.39, 0.29) is 0 Å². The Morgan fingerprint density at radius 1 is 0.909 bits per heavy atom. The molecule has 0 spiro atoms. The minimum atomic E-state index is -2.44. The second-order valence-corrected chi connectivity index (χ2v) is 20.0. The van der Waals surface area contributed by atoms with Crippen LogP contribution in [0.2, 0.25) is 18.6 Å². The molecular weight excluding hydrogens is 281 g/mol. The number of rotatable bonds is 4. The van der Waals surface area contributed by atoms with Crippen LogP contribution in [0.15, 0.2) is 0 Å². The molecule has 0 saturated carbocycles. The molecule has 0 aliphatic rings. The molecule has 11 heavy (non-hydrogen) atoms. The van der Waals surface area contributed by atoms with E-state index in [0.29, 0.717) is 6.04 Å². The van der Waals surface area contributed by atoms with Crippen molar-refractivity contribution in [3.63, 3.8) is 0 Å². The summed E-state index contributed by atoms with van der Waals surface area (Å²) in [5.74, 6) is 0. The van der Waals surface area contributed by atoms with Crippen molar-refractivity contribution in [1.29, 1.82) is 0 Å². The maximum Gasteiger partial charge on any atom is 0.341 e. The van der Waals surface area contributed by atoms with Gasteiger partial charge in [-0.1, -0.05) is 6.42 Å². The lowest BCUT2D eigenvalue weighted by Crippen LogP contribution is -2.15. The monoisotopic (exact) mass is 288 g/mol. The first-order chi connectivity index (χ1) is 4.71. The summed E-state index contributed by atoms with van der Waals surface area (Å²) in [6.07, 6.45) is 0.832. The van der Waals surface area contributed by atoms with Crippen LogP contribution >= 0.6 is 55.4 Å². The van der Waals surface area contributed by atoms with E-state index >= 15 is 0 Å². The van der Waals surface area contributed by atoms with E-state index < -0.39 is 12.7 Å². The zero-order valence-corrected chi connectivity index (χ0v) is 11.8. The Hall–Kier alpha value is 1.88. The summed E-state index contributed by atoms with van der Waals surface area (Å²) in [5.41, 5.74) is 0. The van der Waals surface area contributed by atoms with Gasteiger partial charge >= 0.3 is 6.00 Å². The molecular formula is C4H9Cl5Si2. The van der Waals surface area contributed by atoms with Gasteiger partial charge in [0, 0.05) is 0 Å². The molecule has 0 N–H and O–H groups in total. The fraction of sp³-hybridized carbons (Fsp3) is 1.00. The van der Waals surface area contributed by atoms with Crippen LogP contribution in [-0.4, -0.2) is 12.7 Å². The fourth-order valence-corrected chi connectivity index (χ4v) is 4.33. The van der Waals surface area contributed by atoms with Gasteiger partial charge in [0.1, 0.15) is 0 Å². The van der Waals surface area contributed by atoms with Crippen LogP contribution in [-0.2, 0) is 0 Å². The summed E-state index contributed by atoms with van der Waals surface area (Å²) >= 11 is 28.7. The smallest absolute Gasteiger partial charge is 0.146 e. The standard InChI is InChI=1S/C4H9Cl5Si2/c1-10(5,6)3-2-4-11(7,8)9/h2-4H2,1H3. The molecule has 0 amide bonds. The van der Waals surface area contributed by atoms with Gasteiger partial charge < -0.3 is 0 Å². The molecule has 68 valence electrons. The second kappa shape index (κ2) is 4.94. The van der Waals surface area contributed by atoms with Gasteiger partial charge in [-0.3, -0.25) is 0 Å². The van der Waals surface area contributed by atoms with Crippen molar-refractivity contribution in [1.82, 2.24) is 0 Å². The van der Waals surface area contributed by atoms with Gasteiger partial charge in [-0.2, -0.15) is 0 Å². The lowest BCUT2D eigenvalue weighted by Gasteiger charge is -2.11. The van der Waals surface area contributed by atoms with Gasteiger partial charge in [0.2, 0.25) is 6.69 Å². The van der Waals surface area contributed by atoms with Crippen molar-refractivity contribution >= 4 is 68.1 Å². The van der Waals surface area contributed by atoms with Crippen LogP contribution in [0.1, 0.15) is 6.42 Å². The van der Waals surface area contributed by atoms with Crippen molar-refractivity contribution in [2.24, 2.45) is 0 Å². The molecule has 0 atom stereocenters. The van der Waals surface area contributed by atoms with Gasteiger partial charge in [-0.25, -0.2) is 0 Å². The highest BCUT2D eigenvalue weighted by Crippen LogP contribution is 2.30. The third kappa shape index (κ3) is 11.9. The maximum absolute atomic E-state index is 5.85. The number of hydrogen-bond acceptors (Lipinski definition) is 0. The molecule has 0 aliphatic carbocycles. The molecule has 0 fully saturated rings. The van der Waals surface area contributed by atoms with E-state index in [9.17, 15) is 0 Å². The third-order valence-corrected chi connectivity index (χ3v) is 6.06. The van der Waals surface area contributed by atoms with E-state index in [4.69, 9.17) is 55.4 Å². The molecule has 0 rings (SSSR count). The normalized spacial score (nSPS) is 13.6. The zero-order valence-electron chi connectivity index (χ0n) is 6.01. The van der Waals surface area contributed by atoms with Crippen LogP contribution in [0, 0.1) is 0 Å². The average Bonchev–Trinajstić information content (AvgIpc) is 1.55. The molecule has 0 saturated heterocycles. The van der Waals surface area contributed by atoms with Crippen LogP contribution in [0.3, 0.4) is 0 Å². The highest BCUT2D eigenvalue weighted by Gasteiger charge is 2.27. The van der Waals surface area contributed by atoms with Gasteiger partial charge in [-0.05, 0) is 18.6 Å². The summed E-state index contributed by atoms with van der Waals surface area (Å²) in [6.45, 7) is -0.0952. The molecule has 0 unspecified atom stereocenters. The first-order valence-corrected chi connectivity index (χ1v) is 13.1. The Morgan fingerprint density at radius 3 is 1.64 bits per heavy atom. The van der Waals surface area contributed by atoms with E-state index in [1.54, 1.807) is 0 Å². The van der Waals surface area contributed by atoms with Crippen molar-refractivity contribution in [2.75, 3.05) is 0 Å². The van der Waals surface area contributed by atoms with Crippen LogP contribution < -0.4 is 0 Å². The molecule has 0 bridgehead atoms. The first-order valence-electron chi connectivity index (χ1n) is 3.15. The molecule has 0 aromatic heterocycles. The van der Waals surface area contributed by atoms with Crippen molar-refractivity contribution < 1.29 is 0 Å². The average molecular weight is 291 g/mol. The van der Waals surface area contributed by atoms with Crippen LogP contribution in [0.4, 0.5) is 0 Å². The molecule has 0 heterocycles. The first kappa shape index (κ1) is 12.9. The molecule has 0 nitrogen and oxygen atoms in total. The van der Waals surface area contributed by atoms with E-state index in [1.807, 2.05) is 6.55 Å². The topological polar surface area (TPSA) is 0 Å². The molecule has 7 heteroatoms. The third-order valence-electron chi connectivity index (χ3n) is 1.08. The van der Waals surface area contributed by atoms with Crippen LogP contribution in [0.5, 0.6) is 0 Å². The van der Waals surface area contributed by atoms with Gasteiger partial charge in [0.05, 0.1) is 0 Å². The number of halogens is 5. The maximum atomic E-state index is 5.85. The second-order valence-electron chi connectivity index (χ2n) is 2.54. The van der Waals surface area contributed by atoms with Crippen molar-refractivity contribution in [2.45, 2.75) is 25.1 Å². The highest BCUT2D eigenvalue weighted by atomic mass is 35.8. The molecule has 0 aromatic carbocycles. The van der Waals surface area contributed by atoms with Crippen molar-refractivity contribution in [3.8, 4) is 0 Å². The predicted octanol–water partition coefficient (Wildman–Crippen LogP) is 4.58. The van der Waals surface area contributed by atoms with E-state index in [2.05, 4.69) is 0 Å². The minimum absolute atomic E-state index is 0.652.